The first-order valence-electron chi connectivity index (χ1n) is 7.84. The average Bonchev–Trinajstić information content (AvgIpc) is 2.53. The number of nitrogens with zero attached hydrogens (tertiary/aromatic N) is 1. The quantitative estimate of drug-likeness (QED) is 0.840. The van der Waals surface area contributed by atoms with Gasteiger partial charge in [0.05, 0.1) is 6.54 Å². The molecule has 1 amide bonds. The van der Waals surface area contributed by atoms with Crippen LogP contribution in [0, 0.1) is 0 Å². The van der Waals surface area contributed by atoms with E-state index in [0.717, 1.165) is 18.5 Å². The van der Waals surface area contributed by atoms with Gasteiger partial charge in [-0.3, -0.25) is 9.69 Å². The topological polar surface area (TPSA) is 32.3 Å². The van der Waals surface area contributed by atoms with Crippen LogP contribution in [-0.2, 0) is 24.3 Å². The van der Waals surface area contributed by atoms with E-state index in [1.807, 2.05) is 36.2 Å². The van der Waals surface area contributed by atoms with E-state index in [2.05, 4.69) is 36.5 Å². The number of rotatable bonds is 7. The normalized spacial score (nSPS) is 10.8. The predicted molar refractivity (Wildman–Crippen MR) is 95.5 cm³/mol. The Kier molecular flexibility index (Phi) is 6.63. The summed E-state index contributed by atoms with van der Waals surface area (Å²) >= 11 is 5.94. The molecule has 0 fully saturated rings. The number of amides is 1. The van der Waals surface area contributed by atoms with E-state index in [-0.39, 0.29) is 5.91 Å². The summed E-state index contributed by atoms with van der Waals surface area (Å²) in [5.74, 6) is 0.0117. The molecule has 0 atom stereocenters. The number of nitrogens with one attached hydrogen (secondary N) is 1. The van der Waals surface area contributed by atoms with E-state index in [4.69, 9.17) is 11.6 Å². The predicted octanol–water partition coefficient (Wildman–Crippen LogP) is 3.65. The first-order chi connectivity index (χ1) is 11.1. The van der Waals surface area contributed by atoms with Crippen LogP contribution in [0.3, 0.4) is 0 Å². The summed E-state index contributed by atoms with van der Waals surface area (Å²) in [6, 6.07) is 16.1. The smallest absolute Gasteiger partial charge is 0.234 e. The molecule has 23 heavy (non-hydrogen) atoms. The van der Waals surface area contributed by atoms with Crippen molar-refractivity contribution in [1.82, 2.24) is 10.2 Å². The maximum atomic E-state index is 12.0. The second-order valence-electron chi connectivity index (χ2n) is 5.75. The molecule has 0 saturated heterocycles. The number of likely N-dealkylation sites (N-methyl/N-ethyl adjacent to an activating group) is 1. The van der Waals surface area contributed by atoms with Gasteiger partial charge < -0.3 is 5.32 Å². The number of hydrogen-bond donors (Lipinski definition) is 1. The Bertz CT molecular complexity index is 640. The minimum atomic E-state index is 0.0117. The highest BCUT2D eigenvalue weighted by Crippen LogP contribution is 2.10. The summed E-state index contributed by atoms with van der Waals surface area (Å²) in [7, 11) is 1.95. The van der Waals surface area contributed by atoms with E-state index in [0.29, 0.717) is 18.1 Å². The zero-order chi connectivity index (χ0) is 16.7. The molecule has 0 aliphatic heterocycles. The van der Waals surface area contributed by atoms with E-state index in [1.54, 1.807) is 0 Å². The summed E-state index contributed by atoms with van der Waals surface area (Å²) < 4.78 is 0. The second-order valence-corrected chi connectivity index (χ2v) is 6.19. The molecule has 122 valence electrons. The van der Waals surface area contributed by atoms with Gasteiger partial charge in [0.25, 0.3) is 0 Å². The van der Waals surface area contributed by atoms with Gasteiger partial charge in [0, 0.05) is 18.1 Å². The first-order valence-corrected chi connectivity index (χ1v) is 8.22. The molecule has 0 aliphatic carbocycles. The van der Waals surface area contributed by atoms with Crippen molar-refractivity contribution in [1.29, 1.82) is 0 Å². The van der Waals surface area contributed by atoms with Gasteiger partial charge in [-0.15, -0.1) is 0 Å². The van der Waals surface area contributed by atoms with Crippen molar-refractivity contribution in [2.75, 3.05) is 13.6 Å². The number of aryl methyl sites for hydroxylation is 1. The Morgan fingerprint density at radius 2 is 1.78 bits per heavy atom. The fourth-order valence-corrected chi connectivity index (χ4v) is 2.61. The number of carbonyl (C=O) groups is 1. The molecule has 0 bridgehead atoms. The number of carbonyl (C=O) groups excluding carboxylic acids is 1. The molecule has 0 aliphatic rings. The van der Waals surface area contributed by atoms with Gasteiger partial charge in [0.15, 0.2) is 0 Å². The van der Waals surface area contributed by atoms with E-state index in [1.165, 1.54) is 11.1 Å². The van der Waals surface area contributed by atoms with Crippen molar-refractivity contribution in [3.63, 3.8) is 0 Å². The maximum Gasteiger partial charge on any atom is 0.234 e. The molecule has 2 aromatic carbocycles. The van der Waals surface area contributed by atoms with Crippen LogP contribution < -0.4 is 5.32 Å². The molecule has 2 aromatic rings. The first kappa shape index (κ1) is 17.5. The fourth-order valence-electron chi connectivity index (χ4n) is 2.40. The minimum Gasteiger partial charge on any atom is -0.351 e. The lowest BCUT2D eigenvalue weighted by Gasteiger charge is -2.16. The maximum absolute atomic E-state index is 12.0. The Morgan fingerprint density at radius 1 is 1.09 bits per heavy atom. The summed E-state index contributed by atoms with van der Waals surface area (Å²) in [4.78, 5) is 14.0. The van der Waals surface area contributed by atoms with Crippen molar-refractivity contribution in [2.24, 2.45) is 0 Å². The molecule has 4 heteroatoms. The second kappa shape index (κ2) is 8.70. The highest BCUT2D eigenvalue weighted by atomic mass is 35.5. The number of benzene rings is 2. The van der Waals surface area contributed by atoms with Crippen molar-refractivity contribution < 1.29 is 4.79 Å². The van der Waals surface area contributed by atoms with E-state index >= 15 is 0 Å². The average molecular weight is 331 g/mol. The molecule has 0 spiro atoms. The van der Waals surface area contributed by atoms with Gasteiger partial charge in [-0.1, -0.05) is 54.9 Å². The van der Waals surface area contributed by atoms with Crippen LogP contribution in [0.2, 0.25) is 5.02 Å². The van der Waals surface area contributed by atoms with Gasteiger partial charge in [-0.25, -0.2) is 0 Å². The molecule has 0 heterocycles. The third kappa shape index (κ3) is 6.05. The van der Waals surface area contributed by atoms with Crippen LogP contribution in [-0.4, -0.2) is 24.4 Å². The highest BCUT2D eigenvalue weighted by molar-refractivity contribution is 6.30. The lowest BCUT2D eigenvalue weighted by Crippen LogP contribution is -2.34. The van der Waals surface area contributed by atoms with Crippen LogP contribution in [0.1, 0.15) is 23.6 Å². The van der Waals surface area contributed by atoms with Gasteiger partial charge in [-0.05, 0) is 42.3 Å². The van der Waals surface area contributed by atoms with Gasteiger partial charge in [0.2, 0.25) is 5.91 Å². The lowest BCUT2D eigenvalue weighted by atomic mass is 10.1. The molecule has 0 radical (unpaired) electrons. The monoisotopic (exact) mass is 330 g/mol. The van der Waals surface area contributed by atoms with Gasteiger partial charge in [0.1, 0.15) is 0 Å². The standard InChI is InChI=1S/C19H23ClN2O/c1-3-15-7-9-16(10-8-15)13-22(2)14-19(23)21-12-17-5-4-6-18(20)11-17/h4-11H,3,12-14H2,1-2H3,(H,21,23). The van der Waals surface area contributed by atoms with Crippen molar-refractivity contribution in [2.45, 2.75) is 26.4 Å². The summed E-state index contributed by atoms with van der Waals surface area (Å²) in [5.41, 5.74) is 3.55. The lowest BCUT2D eigenvalue weighted by molar-refractivity contribution is -0.122. The van der Waals surface area contributed by atoms with Crippen molar-refractivity contribution >= 4 is 17.5 Å². The summed E-state index contributed by atoms with van der Waals surface area (Å²) in [5, 5.41) is 3.61. The summed E-state index contributed by atoms with van der Waals surface area (Å²) in [6.07, 6.45) is 1.04. The zero-order valence-electron chi connectivity index (χ0n) is 13.7. The van der Waals surface area contributed by atoms with Gasteiger partial charge >= 0.3 is 0 Å². The third-order valence-corrected chi connectivity index (χ3v) is 3.91. The third-order valence-electron chi connectivity index (χ3n) is 3.68. The Balaban J connectivity index is 1.77. The Labute approximate surface area is 143 Å². The van der Waals surface area contributed by atoms with Gasteiger partial charge in [-0.2, -0.15) is 0 Å². The summed E-state index contributed by atoms with van der Waals surface area (Å²) in [6.45, 7) is 3.77. The van der Waals surface area contributed by atoms with Crippen molar-refractivity contribution in [3.8, 4) is 0 Å². The van der Waals surface area contributed by atoms with Crippen LogP contribution in [0.25, 0.3) is 0 Å². The largest absolute Gasteiger partial charge is 0.351 e. The van der Waals surface area contributed by atoms with Crippen LogP contribution in [0.15, 0.2) is 48.5 Å². The molecule has 0 saturated carbocycles. The molecular formula is C19H23ClN2O. The fraction of sp³-hybridized carbons (Fsp3) is 0.316. The minimum absolute atomic E-state index is 0.0117. The number of halogens is 1. The molecule has 1 N–H and O–H groups in total. The molecule has 0 aromatic heterocycles. The van der Waals surface area contributed by atoms with Crippen molar-refractivity contribution in [3.05, 3.63) is 70.2 Å². The Hall–Kier alpha value is -1.84. The van der Waals surface area contributed by atoms with Crippen LogP contribution in [0.5, 0.6) is 0 Å². The Morgan fingerprint density at radius 3 is 2.43 bits per heavy atom. The van der Waals surface area contributed by atoms with E-state index in [9.17, 15) is 4.79 Å². The molecular weight excluding hydrogens is 308 g/mol. The van der Waals surface area contributed by atoms with Crippen LogP contribution in [0.4, 0.5) is 0 Å². The highest BCUT2D eigenvalue weighted by Gasteiger charge is 2.07. The molecule has 0 unspecified atom stereocenters. The zero-order valence-corrected chi connectivity index (χ0v) is 14.4. The molecule has 3 nitrogen and oxygen atoms in total. The number of hydrogen-bond acceptors (Lipinski definition) is 2. The van der Waals surface area contributed by atoms with E-state index < -0.39 is 0 Å². The SMILES string of the molecule is CCc1ccc(CN(C)CC(=O)NCc2cccc(Cl)c2)cc1. The molecule has 2 rings (SSSR count). The van der Waals surface area contributed by atoms with Crippen LogP contribution >= 0.6 is 11.6 Å².